The fourth-order valence-electron chi connectivity index (χ4n) is 5.15. The predicted molar refractivity (Wildman–Crippen MR) is 137 cm³/mol. The normalized spacial score (nSPS) is 20.3. The Kier molecular flexibility index (Phi) is 7.16. The Morgan fingerprint density at radius 3 is 2.39 bits per heavy atom. The number of hydrogen-bond donors (Lipinski definition) is 1. The van der Waals surface area contributed by atoms with Crippen LogP contribution in [0.2, 0.25) is 0 Å². The lowest BCUT2D eigenvalue weighted by molar-refractivity contribution is -0.128. The van der Waals surface area contributed by atoms with Gasteiger partial charge in [-0.2, -0.15) is 0 Å². The van der Waals surface area contributed by atoms with Gasteiger partial charge in [0.05, 0.1) is 13.7 Å². The molecule has 2 fully saturated rings. The molecule has 2 saturated heterocycles. The van der Waals surface area contributed by atoms with E-state index in [1.165, 1.54) is 0 Å². The molecule has 2 aromatic rings. The zero-order chi connectivity index (χ0) is 26.9. The maximum absolute atomic E-state index is 13.9. The highest BCUT2D eigenvalue weighted by atomic mass is 16.7. The van der Waals surface area contributed by atoms with Crippen LogP contribution in [-0.2, 0) is 9.53 Å². The molecule has 0 aromatic heterocycles. The van der Waals surface area contributed by atoms with Gasteiger partial charge in [0, 0.05) is 43.1 Å². The smallest absolute Gasteiger partial charge is 0.256 e. The topological polar surface area (TPSA) is 107 Å². The Morgan fingerprint density at radius 2 is 1.71 bits per heavy atom. The minimum Gasteiger partial charge on any atom is -0.497 e. The average Bonchev–Trinajstić information content (AvgIpc) is 3.57. The van der Waals surface area contributed by atoms with E-state index in [1.807, 2.05) is 13.8 Å². The molecule has 0 bridgehead atoms. The summed E-state index contributed by atoms with van der Waals surface area (Å²) < 4.78 is 22.3. The third kappa shape index (κ3) is 4.76. The second kappa shape index (κ2) is 10.5. The molecule has 10 nitrogen and oxygen atoms in total. The van der Waals surface area contributed by atoms with Crippen molar-refractivity contribution >= 4 is 17.7 Å². The summed E-state index contributed by atoms with van der Waals surface area (Å²) in [6.45, 7) is 4.91. The Morgan fingerprint density at radius 1 is 1.03 bits per heavy atom. The molecule has 5 rings (SSSR count). The van der Waals surface area contributed by atoms with Crippen molar-refractivity contribution < 1.29 is 33.3 Å². The molecular formula is C28H33N3O7. The summed E-state index contributed by atoms with van der Waals surface area (Å²) in [5.41, 5.74) is -0.0365. The number of amides is 3. The second-order valence-electron chi connectivity index (χ2n) is 9.85. The van der Waals surface area contributed by atoms with Crippen LogP contribution >= 0.6 is 0 Å². The Bertz CT molecular complexity index is 1210. The van der Waals surface area contributed by atoms with Crippen molar-refractivity contribution in [2.45, 2.75) is 50.9 Å². The number of nitrogens with one attached hydrogen (secondary N) is 1. The van der Waals surface area contributed by atoms with E-state index >= 15 is 0 Å². The van der Waals surface area contributed by atoms with Gasteiger partial charge in [0.1, 0.15) is 17.5 Å². The van der Waals surface area contributed by atoms with Crippen LogP contribution in [0.5, 0.6) is 17.2 Å². The van der Waals surface area contributed by atoms with Gasteiger partial charge < -0.3 is 29.2 Å². The monoisotopic (exact) mass is 523 g/mol. The van der Waals surface area contributed by atoms with Gasteiger partial charge in [0.25, 0.3) is 11.8 Å². The van der Waals surface area contributed by atoms with Crippen LogP contribution in [0.3, 0.4) is 0 Å². The second-order valence-corrected chi connectivity index (χ2v) is 9.85. The van der Waals surface area contributed by atoms with Crippen molar-refractivity contribution in [2.75, 3.05) is 33.6 Å². The van der Waals surface area contributed by atoms with Gasteiger partial charge in [-0.3, -0.25) is 19.3 Å². The molecule has 0 saturated carbocycles. The van der Waals surface area contributed by atoms with E-state index in [4.69, 9.17) is 18.9 Å². The third-order valence-electron chi connectivity index (χ3n) is 7.57. The minimum atomic E-state index is -0.986. The number of likely N-dealkylation sites (tertiary alicyclic amines) is 1. The van der Waals surface area contributed by atoms with E-state index in [1.54, 1.807) is 59.4 Å². The number of piperidine rings is 1. The highest BCUT2D eigenvalue weighted by Crippen LogP contribution is 2.39. The Balaban J connectivity index is 1.36. The van der Waals surface area contributed by atoms with Crippen LogP contribution in [0.15, 0.2) is 42.5 Å². The standard InChI is InChI=1S/C28H33N3O7/c1-4-18(2)29-25(32)22-16-38-28(31(22)27(34)19-5-8-21(35-3)9-6-19)11-13-30(14-12-28)26(33)20-7-10-23-24(15-20)37-17-36-23/h5-10,15,18,22H,4,11-14,16-17H2,1-3H3,(H,29,32). The Labute approximate surface area is 221 Å². The lowest BCUT2D eigenvalue weighted by Gasteiger charge is -2.44. The summed E-state index contributed by atoms with van der Waals surface area (Å²) in [7, 11) is 1.56. The maximum Gasteiger partial charge on any atom is 0.256 e. The van der Waals surface area contributed by atoms with E-state index in [2.05, 4.69) is 5.32 Å². The van der Waals surface area contributed by atoms with Crippen molar-refractivity contribution in [3.63, 3.8) is 0 Å². The number of rotatable bonds is 6. The summed E-state index contributed by atoms with van der Waals surface area (Å²) in [5.74, 6) is 1.15. The molecule has 2 unspecified atom stereocenters. The molecule has 2 aromatic carbocycles. The van der Waals surface area contributed by atoms with E-state index in [9.17, 15) is 14.4 Å². The maximum atomic E-state index is 13.9. The van der Waals surface area contributed by atoms with Gasteiger partial charge in [0.2, 0.25) is 12.7 Å². The van der Waals surface area contributed by atoms with Crippen LogP contribution in [0, 0.1) is 0 Å². The van der Waals surface area contributed by atoms with Crippen molar-refractivity contribution in [1.82, 2.24) is 15.1 Å². The van der Waals surface area contributed by atoms with Crippen LogP contribution in [-0.4, -0.2) is 78.9 Å². The minimum absolute atomic E-state index is 0.0295. The molecule has 0 aliphatic carbocycles. The number of fused-ring (bicyclic) bond motifs is 1. The number of carbonyl (C=O) groups is 3. The molecule has 1 spiro atoms. The quantitative estimate of drug-likeness (QED) is 0.621. The molecule has 202 valence electrons. The highest BCUT2D eigenvalue weighted by molar-refractivity contribution is 5.99. The van der Waals surface area contributed by atoms with Gasteiger partial charge in [0.15, 0.2) is 11.5 Å². The van der Waals surface area contributed by atoms with E-state index in [0.29, 0.717) is 54.3 Å². The van der Waals surface area contributed by atoms with Gasteiger partial charge in [-0.1, -0.05) is 6.92 Å². The van der Waals surface area contributed by atoms with Crippen molar-refractivity contribution in [2.24, 2.45) is 0 Å². The van der Waals surface area contributed by atoms with Crippen molar-refractivity contribution in [1.29, 1.82) is 0 Å². The van der Waals surface area contributed by atoms with Crippen LogP contribution in [0.25, 0.3) is 0 Å². The van der Waals surface area contributed by atoms with Crippen LogP contribution in [0.4, 0.5) is 0 Å². The van der Waals surface area contributed by atoms with Gasteiger partial charge in [-0.05, 0) is 55.8 Å². The number of hydrogen-bond acceptors (Lipinski definition) is 7. The molecule has 3 aliphatic rings. The predicted octanol–water partition coefficient (Wildman–Crippen LogP) is 2.81. The first-order valence-electron chi connectivity index (χ1n) is 13.0. The first-order valence-corrected chi connectivity index (χ1v) is 13.0. The zero-order valence-corrected chi connectivity index (χ0v) is 21.9. The van der Waals surface area contributed by atoms with Gasteiger partial charge >= 0.3 is 0 Å². The number of methoxy groups -OCH3 is 1. The average molecular weight is 524 g/mol. The van der Waals surface area contributed by atoms with Crippen LogP contribution < -0.4 is 19.5 Å². The molecule has 1 N–H and O–H groups in total. The molecular weight excluding hydrogens is 490 g/mol. The Hall–Kier alpha value is -3.79. The molecule has 38 heavy (non-hydrogen) atoms. The number of nitrogens with zero attached hydrogens (tertiary/aromatic N) is 2. The van der Waals surface area contributed by atoms with Gasteiger partial charge in [-0.25, -0.2) is 0 Å². The molecule has 3 aliphatic heterocycles. The first kappa shape index (κ1) is 25.8. The fourth-order valence-corrected chi connectivity index (χ4v) is 5.15. The summed E-state index contributed by atoms with van der Waals surface area (Å²) in [4.78, 5) is 43.7. The molecule has 3 amide bonds. The first-order chi connectivity index (χ1) is 18.3. The lowest BCUT2D eigenvalue weighted by atomic mass is 9.96. The lowest BCUT2D eigenvalue weighted by Crippen LogP contribution is -2.60. The van der Waals surface area contributed by atoms with E-state index in [-0.39, 0.29) is 37.2 Å². The summed E-state index contributed by atoms with van der Waals surface area (Å²) in [5, 5.41) is 3.00. The van der Waals surface area contributed by atoms with Crippen LogP contribution in [0.1, 0.15) is 53.8 Å². The molecule has 2 atom stereocenters. The van der Waals surface area contributed by atoms with Crippen molar-refractivity contribution in [3.05, 3.63) is 53.6 Å². The summed E-state index contributed by atoms with van der Waals surface area (Å²) in [6, 6.07) is 11.2. The number of ether oxygens (including phenoxy) is 4. The molecule has 3 heterocycles. The largest absolute Gasteiger partial charge is 0.497 e. The summed E-state index contributed by atoms with van der Waals surface area (Å²) in [6.07, 6.45) is 1.55. The van der Waals surface area contributed by atoms with E-state index < -0.39 is 11.8 Å². The zero-order valence-electron chi connectivity index (χ0n) is 21.9. The molecule has 0 radical (unpaired) electrons. The molecule has 10 heteroatoms. The van der Waals surface area contributed by atoms with Crippen molar-refractivity contribution in [3.8, 4) is 17.2 Å². The summed E-state index contributed by atoms with van der Waals surface area (Å²) >= 11 is 0. The van der Waals surface area contributed by atoms with E-state index in [0.717, 1.165) is 6.42 Å². The number of carbonyl (C=O) groups excluding carboxylic acids is 3. The highest BCUT2D eigenvalue weighted by Gasteiger charge is 2.54. The fraction of sp³-hybridized carbons (Fsp3) is 0.464. The SMILES string of the molecule is CCC(C)NC(=O)C1COC2(CCN(C(=O)c3ccc4c(c3)OCO4)CC2)N1C(=O)c1ccc(OC)cc1. The number of benzene rings is 2. The van der Waals surface area contributed by atoms with Gasteiger partial charge in [-0.15, -0.1) is 0 Å². The third-order valence-corrected chi connectivity index (χ3v) is 7.57.